The van der Waals surface area contributed by atoms with Crippen molar-refractivity contribution in [2.45, 2.75) is 13.8 Å². The highest BCUT2D eigenvalue weighted by atomic mass is 16.5. The highest BCUT2D eigenvalue weighted by molar-refractivity contribution is 5.52. The third-order valence-corrected chi connectivity index (χ3v) is 2.89. The van der Waals surface area contributed by atoms with E-state index in [9.17, 15) is 0 Å². The third-order valence-electron chi connectivity index (χ3n) is 2.89. The van der Waals surface area contributed by atoms with Crippen LogP contribution >= 0.6 is 0 Å². The van der Waals surface area contributed by atoms with Crippen molar-refractivity contribution in [2.75, 3.05) is 30.8 Å². The van der Waals surface area contributed by atoms with Gasteiger partial charge in [-0.05, 0) is 26.0 Å². The topological polar surface area (TPSA) is 82.3 Å². The first kappa shape index (κ1) is 14.9. The predicted octanol–water partition coefficient (Wildman–Crippen LogP) is 2.26. The van der Waals surface area contributed by atoms with Gasteiger partial charge in [0.2, 0.25) is 5.88 Å². The van der Waals surface area contributed by atoms with Crippen molar-refractivity contribution in [3.63, 3.8) is 0 Å². The lowest BCUT2D eigenvalue weighted by molar-refractivity contribution is 0.323. The Morgan fingerprint density at radius 1 is 1.19 bits per heavy atom. The molecule has 112 valence electrons. The minimum atomic E-state index is 0.488. The van der Waals surface area contributed by atoms with E-state index >= 15 is 0 Å². The molecule has 2 aromatic rings. The summed E-state index contributed by atoms with van der Waals surface area (Å²) in [4.78, 5) is 8.30. The molecule has 1 heterocycles. The number of nitrogens with two attached hydrogens (primary N) is 1. The maximum atomic E-state index is 5.81. The standard InChI is InChI=1S/C15H20N4O2/c1-3-20-15-11(2)14(18-10-19-15)17-8-9-21-13-7-5-4-6-12(13)16/h4-7,10H,3,8-9,16H2,1-2H3,(H,17,18,19). The number of hydrogen-bond acceptors (Lipinski definition) is 6. The SMILES string of the molecule is CCOc1ncnc(NCCOc2ccccc2N)c1C. The molecule has 0 saturated carbocycles. The molecule has 0 amide bonds. The van der Waals surface area contributed by atoms with Crippen LogP contribution in [0.1, 0.15) is 12.5 Å². The number of para-hydroxylation sites is 2. The lowest BCUT2D eigenvalue weighted by Crippen LogP contribution is -2.14. The highest BCUT2D eigenvalue weighted by Crippen LogP contribution is 2.21. The smallest absolute Gasteiger partial charge is 0.221 e. The average Bonchev–Trinajstić information content (AvgIpc) is 2.49. The van der Waals surface area contributed by atoms with Crippen LogP contribution in [-0.4, -0.2) is 29.7 Å². The molecule has 0 aliphatic heterocycles. The van der Waals surface area contributed by atoms with Crippen LogP contribution in [0.25, 0.3) is 0 Å². The summed E-state index contributed by atoms with van der Waals surface area (Å²) in [5.41, 5.74) is 7.33. The summed E-state index contributed by atoms with van der Waals surface area (Å²) in [5.74, 6) is 2.04. The van der Waals surface area contributed by atoms with Crippen LogP contribution in [0.4, 0.5) is 11.5 Å². The first-order chi connectivity index (χ1) is 10.2. The van der Waals surface area contributed by atoms with E-state index < -0.39 is 0 Å². The summed E-state index contributed by atoms with van der Waals surface area (Å²) < 4.78 is 11.0. The zero-order chi connectivity index (χ0) is 15.1. The molecule has 0 aliphatic carbocycles. The molecule has 0 fully saturated rings. The Labute approximate surface area is 124 Å². The number of ether oxygens (including phenoxy) is 2. The Morgan fingerprint density at radius 2 is 2.00 bits per heavy atom. The van der Waals surface area contributed by atoms with E-state index in [1.165, 1.54) is 6.33 Å². The van der Waals surface area contributed by atoms with Gasteiger partial charge in [-0.15, -0.1) is 0 Å². The first-order valence-electron chi connectivity index (χ1n) is 6.88. The molecule has 0 unspecified atom stereocenters. The number of nitrogens with zero attached hydrogens (tertiary/aromatic N) is 2. The lowest BCUT2D eigenvalue weighted by atomic mass is 10.3. The minimum Gasteiger partial charge on any atom is -0.490 e. The quantitative estimate of drug-likeness (QED) is 0.600. The van der Waals surface area contributed by atoms with E-state index in [-0.39, 0.29) is 0 Å². The number of anilines is 2. The van der Waals surface area contributed by atoms with Gasteiger partial charge in [0.1, 0.15) is 24.5 Å². The van der Waals surface area contributed by atoms with Gasteiger partial charge < -0.3 is 20.5 Å². The Balaban J connectivity index is 1.86. The minimum absolute atomic E-state index is 0.488. The summed E-state index contributed by atoms with van der Waals surface area (Å²) >= 11 is 0. The predicted molar refractivity (Wildman–Crippen MR) is 82.8 cm³/mol. The van der Waals surface area contributed by atoms with Crippen LogP contribution in [0.2, 0.25) is 0 Å². The second-order valence-corrected chi connectivity index (χ2v) is 4.40. The molecule has 0 radical (unpaired) electrons. The molecular weight excluding hydrogens is 268 g/mol. The monoisotopic (exact) mass is 288 g/mol. The van der Waals surface area contributed by atoms with Crippen molar-refractivity contribution < 1.29 is 9.47 Å². The van der Waals surface area contributed by atoms with Gasteiger partial charge in [-0.2, -0.15) is 0 Å². The lowest BCUT2D eigenvalue weighted by Gasteiger charge is -2.12. The molecule has 6 nitrogen and oxygen atoms in total. The van der Waals surface area contributed by atoms with Crippen molar-refractivity contribution in [3.05, 3.63) is 36.2 Å². The molecule has 0 saturated heterocycles. The second kappa shape index (κ2) is 7.33. The van der Waals surface area contributed by atoms with Gasteiger partial charge in [0.05, 0.1) is 24.4 Å². The van der Waals surface area contributed by atoms with Crippen molar-refractivity contribution in [2.24, 2.45) is 0 Å². The zero-order valence-electron chi connectivity index (χ0n) is 12.3. The highest BCUT2D eigenvalue weighted by Gasteiger charge is 2.07. The summed E-state index contributed by atoms with van der Waals surface area (Å²) in [5, 5.41) is 3.20. The average molecular weight is 288 g/mol. The fraction of sp³-hybridized carbons (Fsp3) is 0.333. The fourth-order valence-electron chi connectivity index (χ4n) is 1.84. The van der Waals surface area contributed by atoms with Crippen LogP contribution in [-0.2, 0) is 0 Å². The van der Waals surface area contributed by atoms with Crippen molar-refractivity contribution in [1.82, 2.24) is 9.97 Å². The molecule has 2 rings (SSSR count). The number of nitrogen functional groups attached to an aromatic ring is 1. The van der Waals surface area contributed by atoms with Crippen LogP contribution in [0, 0.1) is 6.92 Å². The summed E-state index contributed by atoms with van der Waals surface area (Å²) in [6, 6.07) is 7.42. The van der Waals surface area contributed by atoms with E-state index in [0.717, 1.165) is 11.4 Å². The second-order valence-electron chi connectivity index (χ2n) is 4.40. The van der Waals surface area contributed by atoms with Crippen molar-refractivity contribution >= 4 is 11.5 Å². The van der Waals surface area contributed by atoms with Crippen LogP contribution in [0.3, 0.4) is 0 Å². The van der Waals surface area contributed by atoms with E-state index in [4.69, 9.17) is 15.2 Å². The first-order valence-corrected chi connectivity index (χ1v) is 6.88. The molecule has 0 bridgehead atoms. The van der Waals surface area contributed by atoms with E-state index in [1.807, 2.05) is 38.1 Å². The molecule has 3 N–H and O–H groups in total. The third kappa shape index (κ3) is 3.98. The molecule has 1 aromatic heterocycles. The van der Waals surface area contributed by atoms with Crippen LogP contribution in [0.15, 0.2) is 30.6 Å². The van der Waals surface area contributed by atoms with Gasteiger partial charge in [0.15, 0.2) is 0 Å². The Hall–Kier alpha value is -2.50. The molecule has 0 atom stereocenters. The maximum absolute atomic E-state index is 5.81. The van der Waals surface area contributed by atoms with Crippen molar-refractivity contribution in [1.29, 1.82) is 0 Å². The molecule has 1 aromatic carbocycles. The van der Waals surface area contributed by atoms with E-state index in [2.05, 4.69) is 15.3 Å². The molecule has 6 heteroatoms. The Kier molecular flexibility index (Phi) is 5.20. The number of benzene rings is 1. The molecule has 0 aliphatic rings. The van der Waals surface area contributed by atoms with Crippen LogP contribution in [0.5, 0.6) is 11.6 Å². The number of aromatic nitrogens is 2. The molecule has 0 spiro atoms. The normalized spacial score (nSPS) is 10.2. The van der Waals surface area contributed by atoms with Gasteiger partial charge >= 0.3 is 0 Å². The van der Waals surface area contributed by atoms with Gasteiger partial charge in [0.25, 0.3) is 0 Å². The van der Waals surface area contributed by atoms with Gasteiger partial charge in [0, 0.05) is 0 Å². The Morgan fingerprint density at radius 3 is 2.76 bits per heavy atom. The van der Waals surface area contributed by atoms with Gasteiger partial charge in [-0.25, -0.2) is 9.97 Å². The fourth-order valence-corrected chi connectivity index (χ4v) is 1.84. The van der Waals surface area contributed by atoms with Gasteiger partial charge in [-0.3, -0.25) is 0 Å². The van der Waals surface area contributed by atoms with E-state index in [0.29, 0.717) is 37.1 Å². The van der Waals surface area contributed by atoms with Gasteiger partial charge in [-0.1, -0.05) is 12.1 Å². The van der Waals surface area contributed by atoms with Crippen LogP contribution < -0.4 is 20.5 Å². The largest absolute Gasteiger partial charge is 0.490 e. The zero-order valence-corrected chi connectivity index (χ0v) is 12.3. The van der Waals surface area contributed by atoms with Crippen molar-refractivity contribution in [3.8, 4) is 11.6 Å². The number of hydrogen-bond donors (Lipinski definition) is 2. The summed E-state index contributed by atoms with van der Waals surface area (Å²) in [7, 11) is 0. The molecule has 21 heavy (non-hydrogen) atoms. The number of rotatable bonds is 7. The maximum Gasteiger partial charge on any atom is 0.221 e. The molecular formula is C15H20N4O2. The Bertz CT molecular complexity index is 590. The number of nitrogens with one attached hydrogen (secondary N) is 1. The van der Waals surface area contributed by atoms with E-state index in [1.54, 1.807) is 0 Å². The summed E-state index contributed by atoms with van der Waals surface area (Å²) in [6.07, 6.45) is 1.48. The summed E-state index contributed by atoms with van der Waals surface area (Å²) in [6.45, 7) is 5.52.